The van der Waals surface area contributed by atoms with Crippen LogP contribution in [0.25, 0.3) is 0 Å². The maximum absolute atomic E-state index is 6.11. The minimum Gasteiger partial charge on any atom is -0.488 e. The Bertz CT molecular complexity index is 640. The lowest BCUT2D eigenvalue weighted by atomic mass is 9.99. The normalized spacial score (nSPS) is 16.8. The number of rotatable bonds is 5. The summed E-state index contributed by atoms with van der Waals surface area (Å²) < 4.78 is 6.11. The number of hydrogen-bond donors (Lipinski definition) is 1. The van der Waals surface area contributed by atoms with Gasteiger partial charge < -0.3 is 10.1 Å². The van der Waals surface area contributed by atoms with E-state index in [4.69, 9.17) is 4.74 Å². The minimum atomic E-state index is 0.452. The molecule has 3 nitrogen and oxygen atoms in total. The van der Waals surface area contributed by atoms with Crippen LogP contribution in [0, 0.1) is 13.8 Å². The minimum absolute atomic E-state index is 0.452. The van der Waals surface area contributed by atoms with Gasteiger partial charge in [-0.2, -0.15) is 0 Å². The fraction of sp³-hybridized carbons (Fsp3) is 0.429. The van der Waals surface area contributed by atoms with Crippen LogP contribution < -0.4 is 10.1 Å². The Morgan fingerprint density at radius 2 is 1.67 bits per heavy atom. The van der Waals surface area contributed by atoms with Crippen LogP contribution in [-0.4, -0.2) is 31.1 Å². The average molecular weight is 324 g/mol. The third kappa shape index (κ3) is 3.97. The van der Waals surface area contributed by atoms with Crippen molar-refractivity contribution in [2.24, 2.45) is 0 Å². The standard InChI is InChI=1S/C21H28N2O/c1-16-13-20(18(3)23-11-9-22-10-12-23)14-17(2)21(16)24-15-19-7-5-4-6-8-19/h4-8,13-14,18,22H,9-12,15H2,1-3H3/t18-/m1/s1. The van der Waals surface area contributed by atoms with Crippen LogP contribution in [0.2, 0.25) is 0 Å². The summed E-state index contributed by atoms with van der Waals surface area (Å²) in [5.41, 5.74) is 5.04. The number of nitrogens with zero attached hydrogens (tertiary/aromatic N) is 1. The van der Waals surface area contributed by atoms with Gasteiger partial charge in [0.05, 0.1) is 0 Å². The Morgan fingerprint density at radius 3 is 2.29 bits per heavy atom. The fourth-order valence-electron chi connectivity index (χ4n) is 3.46. The monoisotopic (exact) mass is 324 g/mol. The van der Waals surface area contributed by atoms with Gasteiger partial charge in [0.2, 0.25) is 0 Å². The van der Waals surface area contributed by atoms with Gasteiger partial charge >= 0.3 is 0 Å². The molecule has 2 aromatic rings. The molecule has 0 radical (unpaired) electrons. The van der Waals surface area contributed by atoms with Crippen molar-refractivity contribution in [3.8, 4) is 5.75 Å². The molecule has 0 amide bonds. The Morgan fingerprint density at radius 1 is 1.04 bits per heavy atom. The van der Waals surface area contributed by atoms with Crippen molar-refractivity contribution in [1.29, 1.82) is 0 Å². The van der Waals surface area contributed by atoms with E-state index in [1.807, 2.05) is 6.07 Å². The summed E-state index contributed by atoms with van der Waals surface area (Å²) in [5, 5.41) is 3.42. The van der Waals surface area contributed by atoms with E-state index < -0.39 is 0 Å². The Labute approximate surface area is 145 Å². The summed E-state index contributed by atoms with van der Waals surface area (Å²) in [7, 11) is 0. The van der Waals surface area contributed by atoms with E-state index in [9.17, 15) is 0 Å². The molecule has 128 valence electrons. The lowest BCUT2D eigenvalue weighted by molar-refractivity contribution is 0.185. The van der Waals surface area contributed by atoms with Crippen molar-refractivity contribution in [1.82, 2.24) is 10.2 Å². The molecule has 2 aromatic carbocycles. The second kappa shape index (κ2) is 7.82. The van der Waals surface area contributed by atoms with Crippen molar-refractivity contribution in [3.05, 3.63) is 64.7 Å². The summed E-state index contributed by atoms with van der Waals surface area (Å²) in [5.74, 6) is 1.02. The SMILES string of the molecule is Cc1cc([C@@H](C)N2CCNCC2)cc(C)c1OCc1ccccc1. The van der Waals surface area contributed by atoms with Gasteiger partial charge in [-0.15, -0.1) is 0 Å². The molecule has 0 aliphatic carbocycles. The van der Waals surface area contributed by atoms with Crippen molar-refractivity contribution in [3.63, 3.8) is 0 Å². The highest BCUT2D eigenvalue weighted by molar-refractivity contribution is 5.44. The van der Waals surface area contributed by atoms with Crippen molar-refractivity contribution < 1.29 is 4.74 Å². The fourth-order valence-corrected chi connectivity index (χ4v) is 3.46. The summed E-state index contributed by atoms with van der Waals surface area (Å²) in [4.78, 5) is 2.55. The van der Waals surface area contributed by atoms with Crippen molar-refractivity contribution >= 4 is 0 Å². The number of benzene rings is 2. The first-order chi connectivity index (χ1) is 11.6. The number of hydrogen-bond acceptors (Lipinski definition) is 3. The molecule has 1 saturated heterocycles. The molecule has 0 bridgehead atoms. The number of piperazine rings is 1. The predicted molar refractivity (Wildman–Crippen MR) is 99.5 cm³/mol. The zero-order chi connectivity index (χ0) is 16.9. The molecule has 1 atom stereocenters. The highest BCUT2D eigenvalue weighted by Crippen LogP contribution is 2.30. The first-order valence-electron chi connectivity index (χ1n) is 8.88. The Kier molecular flexibility index (Phi) is 5.54. The van der Waals surface area contributed by atoms with Gasteiger partial charge in [0, 0.05) is 32.2 Å². The van der Waals surface area contributed by atoms with Crippen LogP contribution in [0.3, 0.4) is 0 Å². The smallest absolute Gasteiger partial charge is 0.125 e. The van der Waals surface area contributed by atoms with E-state index >= 15 is 0 Å². The van der Waals surface area contributed by atoms with Gasteiger partial charge in [0.1, 0.15) is 12.4 Å². The van der Waals surface area contributed by atoms with Gasteiger partial charge in [-0.1, -0.05) is 42.5 Å². The molecule has 0 saturated carbocycles. The van der Waals surface area contributed by atoms with Crippen LogP contribution in [0.15, 0.2) is 42.5 Å². The first kappa shape index (κ1) is 17.0. The topological polar surface area (TPSA) is 24.5 Å². The molecule has 1 aliphatic rings. The maximum Gasteiger partial charge on any atom is 0.125 e. The van der Waals surface area contributed by atoms with Crippen LogP contribution in [0.4, 0.5) is 0 Å². The van der Waals surface area contributed by atoms with E-state index in [1.165, 1.54) is 22.3 Å². The second-order valence-corrected chi connectivity index (χ2v) is 6.72. The third-order valence-corrected chi connectivity index (χ3v) is 4.89. The summed E-state index contributed by atoms with van der Waals surface area (Å²) in [6.45, 7) is 11.6. The van der Waals surface area contributed by atoms with Gasteiger partial charge in [-0.05, 0) is 43.0 Å². The zero-order valence-electron chi connectivity index (χ0n) is 15.0. The average Bonchev–Trinajstić information content (AvgIpc) is 2.62. The molecule has 1 N–H and O–H groups in total. The van der Waals surface area contributed by atoms with E-state index in [-0.39, 0.29) is 0 Å². The van der Waals surface area contributed by atoms with Gasteiger partial charge in [0.15, 0.2) is 0 Å². The molecule has 0 unspecified atom stereocenters. The van der Waals surface area contributed by atoms with Crippen molar-refractivity contribution in [2.45, 2.75) is 33.4 Å². The summed E-state index contributed by atoms with van der Waals surface area (Å²) in [6, 6.07) is 15.4. The Balaban J connectivity index is 1.73. The summed E-state index contributed by atoms with van der Waals surface area (Å²) in [6.07, 6.45) is 0. The highest BCUT2D eigenvalue weighted by atomic mass is 16.5. The quantitative estimate of drug-likeness (QED) is 0.904. The Hall–Kier alpha value is -1.84. The highest BCUT2D eigenvalue weighted by Gasteiger charge is 2.19. The first-order valence-corrected chi connectivity index (χ1v) is 8.88. The van der Waals surface area contributed by atoms with Crippen molar-refractivity contribution in [2.75, 3.05) is 26.2 Å². The van der Waals surface area contributed by atoms with Gasteiger partial charge in [-0.25, -0.2) is 0 Å². The van der Waals surface area contributed by atoms with E-state index in [1.54, 1.807) is 0 Å². The summed E-state index contributed by atoms with van der Waals surface area (Å²) >= 11 is 0. The molecule has 1 heterocycles. The molecular weight excluding hydrogens is 296 g/mol. The van der Waals surface area contributed by atoms with Gasteiger partial charge in [0.25, 0.3) is 0 Å². The zero-order valence-corrected chi connectivity index (χ0v) is 15.0. The molecule has 3 heteroatoms. The number of aryl methyl sites for hydroxylation is 2. The number of ether oxygens (including phenoxy) is 1. The molecule has 0 aromatic heterocycles. The van der Waals surface area contributed by atoms with Crippen LogP contribution in [0.1, 0.15) is 35.2 Å². The van der Waals surface area contributed by atoms with E-state index in [0.29, 0.717) is 12.6 Å². The van der Waals surface area contributed by atoms with Crippen LogP contribution >= 0.6 is 0 Å². The maximum atomic E-state index is 6.11. The molecular formula is C21H28N2O. The molecule has 3 rings (SSSR count). The lowest BCUT2D eigenvalue weighted by Crippen LogP contribution is -2.44. The molecule has 1 aliphatic heterocycles. The predicted octanol–water partition coefficient (Wildman–Crippen LogP) is 3.85. The molecule has 24 heavy (non-hydrogen) atoms. The second-order valence-electron chi connectivity index (χ2n) is 6.72. The molecule has 0 spiro atoms. The molecule has 1 fully saturated rings. The lowest BCUT2D eigenvalue weighted by Gasteiger charge is -2.33. The number of nitrogens with one attached hydrogen (secondary N) is 1. The largest absolute Gasteiger partial charge is 0.488 e. The van der Waals surface area contributed by atoms with Gasteiger partial charge in [-0.3, -0.25) is 4.90 Å². The third-order valence-electron chi connectivity index (χ3n) is 4.89. The van der Waals surface area contributed by atoms with E-state index in [2.05, 4.69) is 67.4 Å². The van der Waals surface area contributed by atoms with Crippen LogP contribution in [-0.2, 0) is 6.61 Å². The van der Waals surface area contributed by atoms with Crippen LogP contribution in [0.5, 0.6) is 5.75 Å². The van der Waals surface area contributed by atoms with E-state index in [0.717, 1.165) is 31.9 Å².